The number of nitrogens with one attached hydrogen (secondary N) is 1. The molecule has 0 unspecified atom stereocenters. The SMILES string of the molecule is Nc1nn(-c2ccc3ccccc3c2)cc1NC(=O)O. The summed E-state index contributed by atoms with van der Waals surface area (Å²) in [7, 11) is 0. The molecule has 20 heavy (non-hydrogen) atoms. The third-order valence-corrected chi connectivity index (χ3v) is 2.98. The highest BCUT2D eigenvalue weighted by molar-refractivity contribution is 5.87. The fourth-order valence-corrected chi connectivity index (χ4v) is 2.05. The molecule has 0 radical (unpaired) electrons. The van der Waals surface area contributed by atoms with Gasteiger partial charge in [0.2, 0.25) is 0 Å². The highest BCUT2D eigenvalue weighted by Gasteiger charge is 2.09. The maximum absolute atomic E-state index is 10.6. The predicted molar refractivity (Wildman–Crippen MR) is 77.1 cm³/mol. The minimum atomic E-state index is -1.17. The minimum Gasteiger partial charge on any atom is -0.465 e. The maximum atomic E-state index is 10.6. The Morgan fingerprint density at radius 3 is 2.70 bits per heavy atom. The van der Waals surface area contributed by atoms with Gasteiger partial charge in [0, 0.05) is 0 Å². The lowest BCUT2D eigenvalue weighted by molar-refractivity contribution is 0.210. The summed E-state index contributed by atoms with van der Waals surface area (Å²) < 4.78 is 1.55. The fraction of sp³-hybridized carbons (Fsp3) is 0. The first-order valence-corrected chi connectivity index (χ1v) is 5.98. The molecular formula is C14H12N4O2. The fourth-order valence-electron chi connectivity index (χ4n) is 2.05. The molecule has 0 saturated carbocycles. The first kappa shape index (κ1) is 12.0. The van der Waals surface area contributed by atoms with Gasteiger partial charge in [-0.05, 0) is 22.9 Å². The standard InChI is InChI=1S/C14H12N4O2/c15-13-12(16-14(19)20)8-18(17-13)11-6-5-9-3-1-2-4-10(9)7-11/h1-8,16H,(H2,15,17)(H,19,20). The number of amides is 1. The van der Waals surface area contributed by atoms with Crippen molar-refractivity contribution in [3.8, 4) is 5.69 Å². The van der Waals surface area contributed by atoms with Crippen LogP contribution in [0.2, 0.25) is 0 Å². The molecule has 3 aromatic rings. The molecule has 4 N–H and O–H groups in total. The zero-order chi connectivity index (χ0) is 14.1. The molecule has 2 aromatic carbocycles. The minimum absolute atomic E-state index is 0.139. The highest BCUT2D eigenvalue weighted by Crippen LogP contribution is 2.22. The van der Waals surface area contributed by atoms with Crippen LogP contribution in [0.1, 0.15) is 0 Å². The number of anilines is 2. The van der Waals surface area contributed by atoms with Gasteiger partial charge in [0.1, 0.15) is 5.69 Å². The Balaban J connectivity index is 2.04. The van der Waals surface area contributed by atoms with Gasteiger partial charge < -0.3 is 10.8 Å². The quantitative estimate of drug-likeness (QED) is 0.666. The Kier molecular flexibility index (Phi) is 2.76. The van der Waals surface area contributed by atoms with Crippen LogP contribution < -0.4 is 11.1 Å². The zero-order valence-electron chi connectivity index (χ0n) is 10.4. The van der Waals surface area contributed by atoms with E-state index in [9.17, 15) is 4.79 Å². The van der Waals surface area contributed by atoms with E-state index in [1.807, 2.05) is 42.5 Å². The summed E-state index contributed by atoms with van der Waals surface area (Å²) in [6.45, 7) is 0. The first-order chi connectivity index (χ1) is 9.63. The molecule has 3 rings (SSSR count). The molecule has 0 saturated heterocycles. The zero-order valence-corrected chi connectivity index (χ0v) is 10.4. The largest absolute Gasteiger partial charge is 0.465 e. The van der Waals surface area contributed by atoms with Gasteiger partial charge in [0.25, 0.3) is 0 Å². The van der Waals surface area contributed by atoms with Gasteiger partial charge >= 0.3 is 6.09 Å². The number of rotatable bonds is 2. The van der Waals surface area contributed by atoms with Crippen molar-refractivity contribution in [3.63, 3.8) is 0 Å². The summed E-state index contributed by atoms with van der Waals surface area (Å²) in [5, 5.41) is 17.2. The van der Waals surface area contributed by atoms with Crippen molar-refractivity contribution in [3.05, 3.63) is 48.7 Å². The molecule has 6 nitrogen and oxygen atoms in total. The summed E-state index contributed by atoms with van der Waals surface area (Å²) in [4.78, 5) is 10.6. The molecule has 100 valence electrons. The number of nitrogen functional groups attached to an aromatic ring is 1. The molecule has 1 heterocycles. The van der Waals surface area contributed by atoms with E-state index in [-0.39, 0.29) is 11.5 Å². The van der Waals surface area contributed by atoms with Gasteiger partial charge in [-0.2, -0.15) is 0 Å². The number of nitrogens with two attached hydrogens (primary N) is 1. The molecule has 0 bridgehead atoms. The average Bonchev–Trinajstić information content (AvgIpc) is 2.79. The van der Waals surface area contributed by atoms with Gasteiger partial charge in [-0.3, -0.25) is 5.32 Å². The van der Waals surface area contributed by atoms with Crippen molar-refractivity contribution in [2.75, 3.05) is 11.1 Å². The second-order valence-electron chi connectivity index (χ2n) is 4.33. The predicted octanol–water partition coefficient (Wildman–Crippen LogP) is 2.70. The van der Waals surface area contributed by atoms with E-state index in [1.165, 1.54) is 0 Å². The molecular weight excluding hydrogens is 256 g/mol. The van der Waals surface area contributed by atoms with E-state index in [4.69, 9.17) is 10.8 Å². The molecule has 0 aliphatic rings. The van der Waals surface area contributed by atoms with Crippen LogP contribution in [0.25, 0.3) is 16.5 Å². The van der Waals surface area contributed by atoms with E-state index < -0.39 is 6.09 Å². The van der Waals surface area contributed by atoms with Gasteiger partial charge in [-0.1, -0.05) is 30.3 Å². The first-order valence-electron chi connectivity index (χ1n) is 5.98. The third-order valence-electron chi connectivity index (χ3n) is 2.98. The number of aromatic nitrogens is 2. The van der Waals surface area contributed by atoms with E-state index in [2.05, 4.69) is 10.4 Å². The van der Waals surface area contributed by atoms with E-state index in [0.29, 0.717) is 0 Å². The van der Waals surface area contributed by atoms with Crippen molar-refractivity contribution >= 4 is 28.4 Å². The second-order valence-corrected chi connectivity index (χ2v) is 4.33. The number of fused-ring (bicyclic) bond motifs is 1. The van der Waals surface area contributed by atoms with Gasteiger partial charge in [0.15, 0.2) is 5.82 Å². The Labute approximate surface area is 114 Å². The van der Waals surface area contributed by atoms with Gasteiger partial charge in [-0.15, -0.1) is 5.10 Å². The normalized spacial score (nSPS) is 10.6. The van der Waals surface area contributed by atoms with Crippen molar-refractivity contribution in [2.24, 2.45) is 0 Å². The van der Waals surface area contributed by atoms with Crippen LogP contribution in [0.4, 0.5) is 16.3 Å². The van der Waals surface area contributed by atoms with Crippen LogP contribution in [-0.2, 0) is 0 Å². The summed E-state index contributed by atoms with van der Waals surface area (Å²) in [5.41, 5.74) is 6.76. The number of hydrogen-bond donors (Lipinski definition) is 3. The molecule has 0 spiro atoms. The van der Waals surface area contributed by atoms with Crippen LogP contribution in [0, 0.1) is 0 Å². The van der Waals surface area contributed by atoms with Crippen molar-refractivity contribution in [2.45, 2.75) is 0 Å². The Morgan fingerprint density at radius 1 is 1.20 bits per heavy atom. The second kappa shape index (κ2) is 4.58. The molecule has 1 amide bonds. The van der Waals surface area contributed by atoms with Crippen LogP contribution in [0.15, 0.2) is 48.7 Å². The number of carbonyl (C=O) groups is 1. The van der Waals surface area contributed by atoms with Gasteiger partial charge in [0.05, 0.1) is 11.9 Å². The lowest BCUT2D eigenvalue weighted by Gasteiger charge is -2.03. The lowest BCUT2D eigenvalue weighted by atomic mass is 10.1. The van der Waals surface area contributed by atoms with Crippen LogP contribution in [0.5, 0.6) is 0 Å². The molecule has 1 aromatic heterocycles. The average molecular weight is 268 g/mol. The Hall–Kier alpha value is -3.02. The molecule has 0 aliphatic heterocycles. The topological polar surface area (TPSA) is 93.2 Å². The number of hydrogen-bond acceptors (Lipinski definition) is 3. The summed E-state index contributed by atoms with van der Waals surface area (Å²) in [5.74, 6) is 0.139. The number of nitrogens with zero attached hydrogens (tertiary/aromatic N) is 2. The maximum Gasteiger partial charge on any atom is 0.409 e. The van der Waals surface area contributed by atoms with E-state index in [0.717, 1.165) is 16.5 Å². The summed E-state index contributed by atoms with van der Waals surface area (Å²) in [6.07, 6.45) is 0.378. The molecule has 0 aliphatic carbocycles. The summed E-state index contributed by atoms with van der Waals surface area (Å²) in [6, 6.07) is 13.8. The molecule has 0 atom stereocenters. The van der Waals surface area contributed by atoms with E-state index >= 15 is 0 Å². The number of carboxylic acid groups (broad SMARTS) is 1. The van der Waals surface area contributed by atoms with Crippen molar-refractivity contribution < 1.29 is 9.90 Å². The number of benzene rings is 2. The monoisotopic (exact) mass is 268 g/mol. The van der Waals surface area contributed by atoms with Crippen LogP contribution in [-0.4, -0.2) is 21.0 Å². The third kappa shape index (κ3) is 2.14. The lowest BCUT2D eigenvalue weighted by Crippen LogP contribution is -2.07. The molecule has 6 heteroatoms. The molecule has 0 fully saturated rings. The Morgan fingerprint density at radius 2 is 1.95 bits per heavy atom. The van der Waals surface area contributed by atoms with Crippen molar-refractivity contribution in [1.82, 2.24) is 9.78 Å². The smallest absolute Gasteiger partial charge is 0.409 e. The van der Waals surface area contributed by atoms with Gasteiger partial charge in [-0.25, -0.2) is 9.48 Å². The van der Waals surface area contributed by atoms with E-state index in [1.54, 1.807) is 10.9 Å². The van der Waals surface area contributed by atoms with Crippen LogP contribution >= 0.6 is 0 Å². The summed E-state index contributed by atoms with van der Waals surface area (Å²) >= 11 is 0. The van der Waals surface area contributed by atoms with Crippen molar-refractivity contribution in [1.29, 1.82) is 0 Å². The Bertz CT molecular complexity index is 795. The van der Waals surface area contributed by atoms with Crippen LogP contribution in [0.3, 0.4) is 0 Å². The highest BCUT2D eigenvalue weighted by atomic mass is 16.4.